The van der Waals surface area contributed by atoms with Crippen molar-refractivity contribution in [3.63, 3.8) is 0 Å². The molecular formula is C19H14O5. The Labute approximate surface area is 137 Å². The molecule has 120 valence electrons. The van der Waals surface area contributed by atoms with Gasteiger partial charge in [0.05, 0.1) is 0 Å². The number of hydrogen-bond donors (Lipinski definition) is 1. The summed E-state index contributed by atoms with van der Waals surface area (Å²) in [6.45, 7) is 5.49. The van der Waals surface area contributed by atoms with Gasteiger partial charge in [0.2, 0.25) is 5.75 Å². The van der Waals surface area contributed by atoms with Gasteiger partial charge in [0.25, 0.3) is 0 Å². The van der Waals surface area contributed by atoms with Gasteiger partial charge in [-0.05, 0) is 42.3 Å². The van der Waals surface area contributed by atoms with E-state index >= 15 is 0 Å². The van der Waals surface area contributed by atoms with Crippen LogP contribution in [0.5, 0.6) is 11.5 Å². The van der Waals surface area contributed by atoms with Crippen LogP contribution in [0.1, 0.15) is 21.5 Å². The number of carboxylic acid groups (broad SMARTS) is 1. The summed E-state index contributed by atoms with van der Waals surface area (Å²) in [6.07, 6.45) is 1.53. The number of aryl methyl sites for hydroxylation is 1. The Bertz CT molecular complexity index is 1010. The van der Waals surface area contributed by atoms with Crippen molar-refractivity contribution in [1.82, 2.24) is 0 Å². The van der Waals surface area contributed by atoms with Crippen LogP contribution in [0.25, 0.3) is 17.0 Å². The van der Waals surface area contributed by atoms with E-state index < -0.39 is 11.6 Å². The van der Waals surface area contributed by atoms with Gasteiger partial charge in [0, 0.05) is 5.39 Å². The van der Waals surface area contributed by atoms with Crippen LogP contribution in [0.3, 0.4) is 0 Å². The van der Waals surface area contributed by atoms with E-state index in [4.69, 9.17) is 9.15 Å². The first-order valence-electron chi connectivity index (χ1n) is 7.20. The highest BCUT2D eigenvalue weighted by Crippen LogP contribution is 2.27. The molecule has 0 unspecified atom stereocenters. The first kappa shape index (κ1) is 15.6. The first-order valence-corrected chi connectivity index (χ1v) is 7.20. The number of carbonyl (C=O) groups is 1. The Morgan fingerprint density at radius 1 is 1.17 bits per heavy atom. The molecule has 0 aliphatic rings. The average molecular weight is 322 g/mol. The molecule has 3 rings (SSSR count). The third kappa shape index (κ3) is 2.92. The lowest BCUT2D eigenvalue weighted by molar-refractivity contribution is 0.0694. The summed E-state index contributed by atoms with van der Waals surface area (Å²) in [5.74, 6) is -1.17. The highest BCUT2D eigenvalue weighted by atomic mass is 16.5. The summed E-state index contributed by atoms with van der Waals surface area (Å²) < 4.78 is 10.8. The highest BCUT2D eigenvalue weighted by Gasteiger charge is 2.15. The number of benzene rings is 2. The maximum absolute atomic E-state index is 12.1. The molecule has 0 amide bonds. The molecule has 0 spiro atoms. The van der Waals surface area contributed by atoms with Gasteiger partial charge in [-0.15, -0.1) is 0 Å². The molecule has 0 atom stereocenters. The van der Waals surface area contributed by atoms with E-state index in [1.807, 2.05) is 13.0 Å². The largest absolute Gasteiger partial charge is 0.478 e. The molecule has 1 aromatic heterocycles. The smallest absolute Gasteiger partial charge is 0.379 e. The van der Waals surface area contributed by atoms with Gasteiger partial charge >= 0.3 is 11.6 Å². The molecule has 3 aromatic rings. The Morgan fingerprint density at radius 3 is 2.67 bits per heavy atom. The Morgan fingerprint density at radius 2 is 1.96 bits per heavy atom. The molecule has 5 heteroatoms. The molecule has 0 saturated carbocycles. The molecule has 0 radical (unpaired) electrons. The minimum Gasteiger partial charge on any atom is -0.478 e. The predicted molar refractivity (Wildman–Crippen MR) is 90.8 cm³/mol. The Kier molecular flexibility index (Phi) is 3.92. The van der Waals surface area contributed by atoms with E-state index in [1.54, 1.807) is 18.2 Å². The van der Waals surface area contributed by atoms with Gasteiger partial charge in [0.15, 0.2) is 0 Å². The topological polar surface area (TPSA) is 76.7 Å². The third-order valence-electron chi connectivity index (χ3n) is 3.55. The van der Waals surface area contributed by atoms with Crippen LogP contribution in [0.4, 0.5) is 0 Å². The fourth-order valence-corrected chi connectivity index (χ4v) is 2.32. The maximum atomic E-state index is 12.1. The van der Waals surface area contributed by atoms with Gasteiger partial charge in [-0.1, -0.05) is 30.9 Å². The number of hydrogen-bond acceptors (Lipinski definition) is 4. The molecule has 0 saturated heterocycles. The van der Waals surface area contributed by atoms with E-state index in [-0.39, 0.29) is 17.1 Å². The molecular weight excluding hydrogens is 308 g/mol. The maximum Gasteiger partial charge on any atom is 0.379 e. The molecule has 5 nitrogen and oxygen atoms in total. The second kappa shape index (κ2) is 6.04. The van der Waals surface area contributed by atoms with Crippen LogP contribution < -0.4 is 10.4 Å². The number of aromatic carboxylic acids is 1. The summed E-state index contributed by atoms with van der Waals surface area (Å²) in [7, 11) is 0. The molecule has 0 aliphatic heterocycles. The molecule has 1 N–H and O–H groups in total. The van der Waals surface area contributed by atoms with E-state index in [0.29, 0.717) is 16.5 Å². The molecule has 24 heavy (non-hydrogen) atoms. The van der Waals surface area contributed by atoms with Crippen molar-refractivity contribution in [3.8, 4) is 11.5 Å². The standard InChI is InChI=1S/C19H14O5/c1-3-12-5-7-15(14(9-12)18(20)21)23-17-10-13-6-4-11(2)8-16(13)24-19(17)22/h3-10H,1H2,2H3,(H,20,21). The van der Waals surface area contributed by atoms with Crippen molar-refractivity contribution in [1.29, 1.82) is 0 Å². The van der Waals surface area contributed by atoms with Crippen molar-refractivity contribution in [2.24, 2.45) is 0 Å². The summed E-state index contributed by atoms with van der Waals surface area (Å²) in [4.78, 5) is 23.5. The monoisotopic (exact) mass is 322 g/mol. The summed E-state index contributed by atoms with van der Waals surface area (Å²) >= 11 is 0. The number of ether oxygens (including phenoxy) is 1. The lowest BCUT2D eigenvalue weighted by Gasteiger charge is -2.09. The number of carboxylic acids is 1. The van der Waals surface area contributed by atoms with Gasteiger partial charge in [-0.2, -0.15) is 0 Å². The van der Waals surface area contributed by atoms with Crippen LogP contribution in [0, 0.1) is 6.92 Å². The minimum atomic E-state index is -1.16. The number of fused-ring (bicyclic) bond motifs is 1. The van der Waals surface area contributed by atoms with E-state index in [9.17, 15) is 14.7 Å². The second-order valence-corrected chi connectivity index (χ2v) is 5.31. The summed E-state index contributed by atoms with van der Waals surface area (Å²) in [5.41, 5.74) is 1.33. The Hall–Kier alpha value is -3.34. The zero-order valence-electron chi connectivity index (χ0n) is 12.9. The fraction of sp³-hybridized carbons (Fsp3) is 0.0526. The van der Waals surface area contributed by atoms with Gasteiger partial charge in [-0.25, -0.2) is 9.59 Å². The summed E-state index contributed by atoms with van der Waals surface area (Å²) in [5, 5.41) is 10.0. The van der Waals surface area contributed by atoms with E-state index in [0.717, 1.165) is 5.56 Å². The average Bonchev–Trinajstić information content (AvgIpc) is 2.55. The van der Waals surface area contributed by atoms with Crippen LogP contribution >= 0.6 is 0 Å². The molecule has 0 aliphatic carbocycles. The minimum absolute atomic E-state index is 0.0594. The Balaban J connectivity index is 2.08. The van der Waals surface area contributed by atoms with Gasteiger partial charge < -0.3 is 14.3 Å². The van der Waals surface area contributed by atoms with Crippen LogP contribution in [0.15, 0.2) is 58.3 Å². The van der Waals surface area contributed by atoms with Crippen molar-refractivity contribution < 1.29 is 19.1 Å². The molecule has 1 heterocycles. The fourth-order valence-electron chi connectivity index (χ4n) is 2.32. The van der Waals surface area contributed by atoms with Gasteiger partial charge in [0.1, 0.15) is 16.9 Å². The molecule has 0 fully saturated rings. The lowest BCUT2D eigenvalue weighted by Crippen LogP contribution is -2.06. The van der Waals surface area contributed by atoms with Crippen LogP contribution in [-0.2, 0) is 0 Å². The van der Waals surface area contributed by atoms with Crippen molar-refractivity contribution in [3.05, 3.63) is 76.2 Å². The van der Waals surface area contributed by atoms with Gasteiger partial charge in [-0.3, -0.25) is 0 Å². The molecule has 2 aromatic carbocycles. The summed E-state index contributed by atoms with van der Waals surface area (Å²) in [6, 6.07) is 11.5. The normalized spacial score (nSPS) is 10.5. The third-order valence-corrected chi connectivity index (χ3v) is 3.55. The first-order chi connectivity index (χ1) is 11.5. The zero-order chi connectivity index (χ0) is 17.3. The van der Waals surface area contributed by atoms with Crippen molar-refractivity contribution >= 4 is 23.0 Å². The zero-order valence-corrected chi connectivity index (χ0v) is 12.9. The molecule has 0 bridgehead atoms. The quantitative estimate of drug-likeness (QED) is 0.727. The second-order valence-electron chi connectivity index (χ2n) is 5.31. The SMILES string of the molecule is C=Cc1ccc(Oc2cc3ccc(C)cc3oc2=O)c(C(=O)O)c1. The lowest BCUT2D eigenvalue weighted by atomic mass is 10.1. The number of rotatable bonds is 4. The predicted octanol–water partition coefficient (Wildman–Crippen LogP) is 4.23. The van der Waals surface area contributed by atoms with E-state index in [2.05, 4.69) is 6.58 Å². The van der Waals surface area contributed by atoms with Crippen molar-refractivity contribution in [2.45, 2.75) is 6.92 Å². The van der Waals surface area contributed by atoms with E-state index in [1.165, 1.54) is 24.3 Å². The van der Waals surface area contributed by atoms with Crippen molar-refractivity contribution in [2.75, 3.05) is 0 Å². The van der Waals surface area contributed by atoms with Crippen LogP contribution in [0.2, 0.25) is 0 Å². The highest BCUT2D eigenvalue weighted by molar-refractivity contribution is 5.92. The van der Waals surface area contributed by atoms with Crippen LogP contribution in [-0.4, -0.2) is 11.1 Å².